The normalized spacial score (nSPS) is 21.8. The summed E-state index contributed by atoms with van der Waals surface area (Å²) < 4.78 is 61.2. The van der Waals surface area contributed by atoms with Crippen molar-refractivity contribution >= 4 is 20.7 Å². The molecular weight excluding hydrogens is 414 g/mol. The molecule has 0 aliphatic carbocycles. The van der Waals surface area contributed by atoms with E-state index in [4.69, 9.17) is 4.74 Å². The van der Waals surface area contributed by atoms with Gasteiger partial charge in [-0.25, -0.2) is 8.42 Å². The number of hydrogen-bond donors (Lipinski definition) is 1. The van der Waals surface area contributed by atoms with E-state index in [0.717, 1.165) is 29.3 Å². The zero-order valence-corrected chi connectivity index (χ0v) is 17.7. The number of aromatic amines is 1. The van der Waals surface area contributed by atoms with Gasteiger partial charge in [0.1, 0.15) is 0 Å². The number of rotatable bonds is 8. The zero-order valence-electron chi connectivity index (χ0n) is 16.9. The summed E-state index contributed by atoms with van der Waals surface area (Å²) in [4.78, 5) is 5.65. The number of aromatic nitrogens is 1. The Kier molecular flexibility index (Phi) is 6.72. The smallest absolute Gasteiger partial charge is 0.345 e. The Labute approximate surface area is 175 Å². The number of nitrogens with zero attached hydrogens (tertiary/aromatic N) is 1. The van der Waals surface area contributed by atoms with Gasteiger partial charge >= 0.3 is 6.61 Å². The van der Waals surface area contributed by atoms with Gasteiger partial charge in [-0.2, -0.15) is 8.78 Å². The van der Waals surface area contributed by atoms with Crippen molar-refractivity contribution in [3.05, 3.63) is 30.0 Å². The lowest BCUT2D eigenvalue weighted by atomic mass is 10.0. The molecule has 0 saturated carbocycles. The molecule has 1 atom stereocenters. The van der Waals surface area contributed by atoms with Gasteiger partial charge in [-0.05, 0) is 49.3 Å². The first-order valence-electron chi connectivity index (χ1n) is 10.5. The van der Waals surface area contributed by atoms with E-state index < -0.39 is 22.6 Å². The lowest BCUT2D eigenvalue weighted by molar-refractivity contribution is -0.158. The molecule has 6 nitrogen and oxygen atoms in total. The number of ether oxygens (including phenoxy) is 2. The molecule has 166 valence electrons. The Hall–Kier alpha value is -1.55. The summed E-state index contributed by atoms with van der Waals surface area (Å²) in [5, 5.41) is 0.754. The molecule has 0 amide bonds. The highest BCUT2D eigenvalue weighted by atomic mass is 32.2. The summed E-state index contributed by atoms with van der Waals surface area (Å²) in [6, 6.07) is 5.34. The summed E-state index contributed by atoms with van der Waals surface area (Å²) in [6.07, 6.45) is 4.19. The van der Waals surface area contributed by atoms with Gasteiger partial charge in [0.2, 0.25) is 0 Å². The quantitative estimate of drug-likeness (QED) is 0.680. The molecule has 1 aromatic heterocycles. The van der Waals surface area contributed by atoms with Crippen LogP contribution in [0.1, 0.15) is 24.8 Å². The van der Waals surface area contributed by atoms with Gasteiger partial charge in [0.15, 0.2) is 9.84 Å². The second-order valence-corrected chi connectivity index (χ2v) is 10.2. The number of halogens is 2. The molecular formula is C21H28F2N2O4S. The number of likely N-dealkylation sites (tertiary alicyclic amines) is 1. The van der Waals surface area contributed by atoms with Crippen molar-refractivity contribution in [1.29, 1.82) is 0 Å². The molecule has 9 heteroatoms. The maximum Gasteiger partial charge on any atom is 0.345 e. The third kappa shape index (κ3) is 5.01. The van der Waals surface area contributed by atoms with E-state index >= 15 is 0 Å². The minimum atomic E-state index is -3.43. The summed E-state index contributed by atoms with van der Waals surface area (Å²) in [5.74, 6) is 0.261. The van der Waals surface area contributed by atoms with Gasteiger partial charge in [-0.1, -0.05) is 6.07 Å². The summed E-state index contributed by atoms with van der Waals surface area (Å²) in [6.45, 7) is 0.338. The van der Waals surface area contributed by atoms with Crippen molar-refractivity contribution in [2.75, 3.05) is 38.6 Å². The van der Waals surface area contributed by atoms with Crippen LogP contribution >= 0.6 is 0 Å². The van der Waals surface area contributed by atoms with E-state index in [9.17, 15) is 17.2 Å². The van der Waals surface area contributed by atoms with Gasteiger partial charge in [0.25, 0.3) is 0 Å². The van der Waals surface area contributed by atoms with Crippen LogP contribution in [0.15, 0.2) is 29.3 Å². The van der Waals surface area contributed by atoms with Crippen molar-refractivity contribution in [2.45, 2.75) is 43.3 Å². The fourth-order valence-corrected chi connectivity index (χ4v) is 6.50. The Morgan fingerprint density at radius 2 is 2.03 bits per heavy atom. The zero-order chi connectivity index (χ0) is 21.1. The minimum Gasteiger partial charge on any atom is -0.381 e. The molecule has 0 bridgehead atoms. The van der Waals surface area contributed by atoms with Crippen LogP contribution in [-0.2, 0) is 25.7 Å². The molecule has 0 unspecified atom stereocenters. The van der Waals surface area contributed by atoms with Crippen LogP contribution in [0.2, 0.25) is 0 Å². The predicted octanol–water partition coefficient (Wildman–Crippen LogP) is 3.22. The highest BCUT2D eigenvalue weighted by Crippen LogP contribution is 2.30. The molecule has 0 spiro atoms. The largest absolute Gasteiger partial charge is 0.381 e. The molecule has 1 N–H and O–H groups in total. The SMILES string of the molecule is O=S(=O)(CC1CCOCC1)c1cccc2[nH]cc(CCN3CC[C@H](OC(F)F)C3)c12. The number of hydrogen-bond acceptors (Lipinski definition) is 5. The van der Waals surface area contributed by atoms with Gasteiger partial charge in [0.05, 0.1) is 16.8 Å². The average molecular weight is 443 g/mol. The minimum absolute atomic E-state index is 0.123. The molecule has 3 heterocycles. The van der Waals surface area contributed by atoms with E-state index in [1.807, 2.05) is 12.3 Å². The Morgan fingerprint density at radius 1 is 1.23 bits per heavy atom. The van der Waals surface area contributed by atoms with Crippen LogP contribution in [0.4, 0.5) is 8.78 Å². The lowest BCUT2D eigenvalue weighted by Gasteiger charge is -2.22. The van der Waals surface area contributed by atoms with Crippen LogP contribution in [0.5, 0.6) is 0 Å². The maximum absolute atomic E-state index is 13.2. The van der Waals surface area contributed by atoms with Gasteiger partial charge in [0, 0.05) is 49.9 Å². The molecule has 2 aliphatic rings. The first kappa shape index (κ1) is 21.7. The van der Waals surface area contributed by atoms with Gasteiger partial charge in [-0.3, -0.25) is 0 Å². The topological polar surface area (TPSA) is 71.6 Å². The summed E-state index contributed by atoms with van der Waals surface area (Å²) >= 11 is 0. The monoisotopic (exact) mass is 442 g/mol. The number of nitrogens with one attached hydrogen (secondary N) is 1. The highest BCUT2D eigenvalue weighted by Gasteiger charge is 2.28. The van der Waals surface area contributed by atoms with Crippen molar-refractivity contribution in [3.8, 4) is 0 Å². The van der Waals surface area contributed by atoms with Crippen molar-refractivity contribution in [3.63, 3.8) is 0 Å². The fourth-order valence-electron chi connectivity index (χ4n) is 4.52. The van der Waals surface area contributed by atoms with Gasteiger partial charge in [-0.15, -0.1) is 0 Å². The van der Waals surface area contributed by atoms with E-state index in [1.54, 1.807) is 12.1 Å². The second kappa shape index (κ2) is 9.30. The van der Waals surface area contributed by atoms with Crippen LogP contribution in [0.25, 0.3) is 10.9 Å². The van der Waals surface area contributed by atoms with Crippen LogP contribution < -0.4 is 0 Å². The van der Waals surface area contributed by atoms with Crippen LogP contribution in [0, 0.1) is 5.92 Å². The predicted molar refractivity (Wildman–Crippen MR) is 110 cm³/mol. The average Bonchev–Trinajstić information content (AvgIpc) is 3.32. The molecule has 0 radical (unpaired) electrons. The molecule has 2 aliphatic heterocycles. The molecule has 2 fully saturated rings. The number of fused-ring (bicyclic) bond motifs is 1. The highest BCUT2D eigenvalue weighted by molar-refractivity contribution is 7.91. The second-order valence-electron chi connectivity index (χ2n) is 8.19. The van der Waals surface area contributed by atoms with Crippen LogP contribution in [0.3, 0.4) is 0 Å². The third-order valence-electron chi connectivity index (χ3n) is 6.10. The van der Waals surface area contributed by atoms with E-state index in [1.165, 1.54) is 0 Å². The number of H-pyrrole nitrogens is 1. The lowest BCUT2D eigenvalue weighted by Crippen LogP contribution is -2.26. The number of benzene rings is 1. The van der Waals surface area contributed by atoms with Crippen molar-refractivity contribution in [1.82, 2.24) is 9.88 Å². The van der Waals surface area contributed by atoms with E-state index in [0.29, 0.717) is 50.6 Å². The molecule has 4 rings (SSSR count). The third-order valence-corrected chi connectivity index (χ3v) is 8.02. The molecule has 1 aromatic carbocycles. The fraction of sp³-hybridized carbons (Fsp3) is 0.619. The Morgan fingerprint density at radius 3 is 2.80 bits per heavy atom. The van der Waals surface area contributed by atoms with Crippen LogP contribution in [-0.4, -0.2) is 69.6 Å². The number of sulfone groups is 1. The van der Waals surface area contributed by atoms with E-state index in [-0.39, 0.29) is 11.7 Å². The number of alkyl halides is 2. The van der Waals surface area contributed by atoms with E-state index in [2.05, 4.69) is 14.6 Å². The molecule has 30 heavy (non-hydrogen) atoms. The standard InChI is InChI=1S/C21H28F2N2O4S/c22-21(23)29-17-5-9-25(13-17)8-4-16-12-24-18-2-1-3-19(20(16)18)30(26,27)14-15-6-10-28-11-7-15/h1-3,12,15,17,21,24H,4-11,13-14H2/t17-/m0/s1. The first-order chi connectivity index (χ1) is 14.4. The van der Waals surface area contributed by atoms with Crippen molar-refractivity contribution < 1.29 is 26.7 Å². The Bertz CT molecular complexity index is 957. The van der Waals surface area contributed by atoms with Gasteiger partial charge < -0.3 is 19.4 Å². The summed E-state index contributed by atoms with van der Waals surface area (Å²) in [5.41, 5.74) is 1.74. The molecule has 2 aromatic rings. The Balaban J connectivity index is 1.49. The summed E-state index contributed by atoms with van der Waals surface area (Å²) in [7, 11) is -3.43. The first-order valence-corrected chi connectivity index (χ1v) is 12.1. The molecule has 2 saturated heterocycles. The maximum atomic E-state index is 13.2. The van der Waals surface area contributed by atoms with Crippen molar-refractivity contribution in [2.24, 2.45) is 5.92 Å².